The molecule has 2 amide bonds. The van der Waals surface area contributed by atoms with Crippen LogP contribution in [-0.2, 0) is 16.0 Å². The summed E-state index contributed by atoms with van der Waals surface area (Å²) in [6, 6.07) is 11.3. The van der Waals surface area contributed by atoms with Gasteiger partial charge in [-0.3, -0.25) is 9.59 Å². The molecule has 0 bridgehead atoms. The topological polar surface area (TPSA) is 58.2 Å². The monoisotopic (exact) mass is 376 g/mol. The highest BCUT2D eigenvalue weighted by Gasteiger charge is 2.35. The van der Waals surface area contributed by atoms with E-state index >= 15 is 0 Å². The summed E-state index contributed by atoms with van der Waals surface area (Å²) in [4.78, 5) is 24.9. The van der Waals surface area contributed by atoms with E-state index in [1.54, 1.807) is 44.2 Å². The Morgan fingerprint density at radius 2 is 1.73 bits per heavy atom. The van der Waals surface area contributed by atoms with E-state index in [0.717, 1.165) is 11.1 Å². The highest BCUT2D eigenvalue weighted by molar-refractivity contribution is 6.31. The largest absolute Gasteiger partial charge is 0.355 e. The number of hydrogen-bond acceptors (Lipinski definition) is 2. The fourth-order valence-corrected chi connectivity index (χ4v) is 2.43. The van der Waals surface area contributed by atoms with Crippen molar-refractivity contribution in [3.63, 3.8) is 0 Å². The van der Waals surface area contributed by atoms with E-state index in [4.69, 9.17) is 11.6 Å². The number of amides is 2. The molecule has 0 aliphatic rings. The van der Waals surface area contributed by atoms with Crippen LogP contribution in [0.2, 0.25) is 5.02 Å². The average molecular weight is 377 g/mol. The lowest BCUT2D eigenvalue weighted by Crippen LogP contribution is -2.45. The Morgan fingerprint density at radius 1 is 1.08 bits per heavy atom. The molecule has 0 fully saturated rings. The molecule has 138 valence electrons. The average Bonchev–Trinajstić information content (AvgIpc) is 2.59. The molecule has 0 saturated carbocycles. The molecule has 0 radical (unpaired) electrons. The lowest BCUT2D eigenvalue weighted by atomic mass is 9.90. The number of anilines is 1. The van der Waals surface area contributed by atoms with Crippen molar-refractivity contribution in [1.82, 2.24) is 5.32 Å². The zero-order valence-corrected chi connectivity index (χ0v) is 15.8. The number of carbonyl (C=O) groups is 2. The Morgan fingerprint density at radius 3 is 2.35 bits per heavy atom. The number of halogens is 2. The zero-order valence-electron chi connectivity index (χ0n) is 15.0. The molecular weight excluding hydrogens is 355 g/mol. The van der Waals surface area contributed by atoms with Crippen molar-refractivity contribution in [3.05, 3.63) is 64.4 Å². The maximum Gasteiger partial charge on any atom is 0.239 e. The SMILES string of the molecule is Cc1ccc(NC(=O)C(C)(C)C(=O)NCCc2ccc(F)cc2)cc1Cl. The smallest absolute Gasteiger partial charge is 0.239 e. The van der Waals surface area contributed by atoms with Gasteiger partial charge in [0.1, 0.15) is 11.2 Å². The van der Waals surface area contributed by atoms with Gasteiger partial charge in [-0.25, -0.2) is 4.39 Å². The van der Waals surface area contributed by atoms with Crippen molar-refractivity contribution >= 4 is 29.1 Å². The molecule has 0 spiro atoms. The van der Waals surface area contributed by atoms with Gasteiger partial charge in [-0.15, -0.1) is 0 Å². The summed E-state index contributed by atoms with van der Waals surface area (Å²) >= 11 is 6.06. The normalized spacial score (nSPS) is 11.1. The first-order valence-electron chi connectivity index (χ1n) is 8.30. The Bertz CT molecular complexity index is 804. The van der Waals surface area contributed by atoms with Crippen molar-refractivity contribution in [2.24, 2.45) is 5.41 Å². The summed E-state index contributed by atoms with van der Waals surface area (Å²) in [5.74, 6) is -1.10. The first-order chi connectivity index (χ1) is 12.2. The quantitative estimate of drug-likeness (QED) is 0.745. The summed E-state index contributed by atoms with van der Waals surface area (Å²) in [6.45, 7) is 5.35. The Labute approximate surface area is 157 Å². The molecule has 0 aliphatic carbocycles. The maximum atomic E-state index is 12.9. The van der Waals surface area contributed by atoms with Crippen LogP contribution >= 0.6 is 11.6 Å². The lowest BCUT2D eigenvalue weighted by Gasteiger charge is -2.23. The highest BCUT2D eigenvalue weighted by Crippen LogP contribution is 2.23. The number of benzene rings is 2. The predicted octanol–water partition coefficient (Wildman–Crippen LogP) is 4.11. The first-order valence-corrected chi connectivity index (χ1v) is 8.68. The van der Waals surface area contributed by atoms with Crippen LogP contribution in [0.1, 0.15) is 25.0 Å². The molecule has 0 heterocycles. The molecule has 26 heavy (non-hydrogen) atoms. The number of nitrogens with one attached hydrogen (secondary N) is 2. The zero-order chi connectivity index (χ0) is 19.3. The number of aryl methyl sites for hydroxylation is 1. The third kappa shape index (κ3) is 5.05. The van der Waals surface area contributed by atoms with Gasteiger partial charge in [0.2, 0.25) is 11.8 Å². The van der Waals surface area contributed by atoms with Crippen molar-refractivity contribution in [2.45, 2.75) is 27.2 Å². The van der Waals surface area contributed by atoms with Crippen LogP contribution in [0.4, 0.5) is 10.1 Å². The van der Waals surface area contributed by atoms with E-state index in [1.165, 1.54) is 12.1 Å². The third-order valence-corrected chi connectivity index (χ3v) is 4.58. The molecule has 4 nitrogen and oxygen atoms in total. The van der Waals surface area contributed by atoms with Gasteiger partial charge in [0.15, 0.2) is 0 Å². The van der Waals surface area contributed by atoms with Gasteiger partial charge in [0.05, 0.1) is 0 Å². The number of rotatable bonds is 6. The molecule has 0 aromatic heterocycles. The van der Waals surface area contributed by atoms with E-state index in [2.05, 4.69) is 10.6 Å². The second-order valence-electron chi connectivity index (χ2n) is 6.68. The molecule has 6 heteroatoms. The highest BCUT2D eigenvalue weighted by atomic mass is 35.5. The third-order valence-electron chi connectivity index (χ3n) is 4.18. The molecule has 0 saturated heterocycles. The summed E-state index contributed by atoms with van der Waals surface area (Å²) in [7, 11) is 0. The molecule has 2 aromatic carbocycles. The van der Waals surface area contributed by atoms with E-state index < -0.39 is 11.3 Å². The summed E-state index contributed by atoms with van der Waals surface area (Å²) < 4.78 is 12.9. The van der Waals surface area contributed by atoms with Gasteiger partial charge in [0, 0.05) is 17.3 Å². The van der Waals surface area contributed by atoms with Gasteiger partial charge < -0.3 is 10.6 Å². The number of hydrogen-bond donors (Lipinski definition) is 2. The van der Waals surface area contributed by atoms with Crippen molar-refractivity contribution in [2.75, 3.05) is 11.9 Å². The maximum absolute atomic E-state index is 12.9. The van der Waals surface area contributed by atoms with Gasteiger partial charge in [0.25, 0.3) is 0 Å². The minimum Gasteiger partial charge on any atom is -0.355 e. The molecule has 0 aliphatic heterocycles. The van der Waals surface area contributed by atoms with Gasteiger partial charge in [-0.05, 0) is 62.6 Å². The molecule has 0 atom stereocenters. The fourth-order valence-electron chi connectivity index (χ4n) is 2.25. The fraction of sp³-hybridized carbons (Fsp3) is 0.300. The van der Waals surface area contributed by atoms with Gasteiger partial charge >= 0.3 is 0 Å². The number of carbonyl (C=O) groups excluding carboxylic acids is 2. The molecular formula is C20H22ClFN2O2. The Balaban J connectivity index is 1.91. The molecule has 0 unspecified atom stereocenters. The first kappa shape index (κ1) is 19.9. The van der Waals surface area contributed by atoms with E-state index in [9.17, 15) is 14.0 Å². The Kier molecular flexibility index (Phi) is 6.37. The van der Waals surface area contributed by atoms with Crippen LogP contribution in [0.3, 0.4) is 0 Å². The van der Waals surface area contributed by atoms with Crippen LogP contribution in [0, 0.1) is 18.2 Å². The summed E-state index contributed by atoms with van der Waals surface area (Å²) in [6.07, 6.45) is 0.553. The van der Waals surface area contributed by atoms with Crippen molar-refractivity contribution in [1.29, 1.82) is 0 Å². The van der Waals surface area contributed by atoms with E-state index in [-0.39, 0.29) is 11.7 Å². The second-order valence-corrected chi connectivity index (χ2v) is 7.08. The second kappa shape index (κ2) is 8.32. The Hall–Kier alpha value is -2.40. The van der Waals surface area contributed by atoms with E-state index in [1.807, 2.05) is 6.92 Å². The minimum atomic E-state index is -1.25. The van der Waals surface area contributed by atoms with Crippen LogP contribution in [0.5, 0.6) is 0 Å². The molecule has 2 aromatic rings. The summed E-state index contributed by atoms with van der Waals surface area (Å²) in [5, 5.41) is 6.02. The standard InChI is InChI=1S/C20H22ClFN2O2/c1-13-4-9-16(12-17(13)21)24-19(26)20(2,3)18(25)23-11-10-14-5-7-15(22)8-6-14/h4-9,12H,10-11H2,1-3H3,(H,23,25)(H,24,26). The minimum absolute atomic E-state index is 0.299. The van der Waals surface area contributed by atoms with Crippen molar-refractivity contribution < 1.29 is 14.0 Å². The predicted molar refractivity (Wildman–Crippen MR) is 102 cm³/mol. The lowest BCUT2D eigenvalue weighted by molar-refractivity contribution is -0.138. The van der Waals surface area contributed by atoms with Crippen LogP contribution in [0.15, 0.2) is 42.5 Å². The van der Waals surface area contributed by atoms with Gasteiger partial charge in [-0.1, -0.05) is 29.8 Å². The van der Waals surface area contributed by atoms with Crippen LogP contribution in [-0.4, -0.2) is 18.4 Å². The summed E-state index contributed by atoms with van der Waals surface area (Å²) in [5.41, 5.74) is 1.10. The van der Waals surface area contributed by atoms with Crippen molar-refractivity contribution in [3.8, 4) is 0 Å². The van der Waals surface area contributed by atoms with Gasteiger partial charge in [-0.2, -0.15) is 0 Å². The molecule has 2 rings (SSSR count). The van der Waals surface area contributed by atoms with Crippen LogP contribution < -0.4 is 10.6 Å². The van der Waals surface area contributed by atoms with Crippen LogP contribution in [0.25, 0.3) is 0 Å². The molecule has 2 N–H and O–H groups in total. The van der Waals surface area contributed by atoms with E-state index in [0.29, 0.717) is 23.7 Å².